The number of carbonyl (C=O) groups is 1. The highest BCUT2D eigenvalue weighted by Crippen LogP contribution is 2.38. The van der Waals surface area contributed by atoms with Gasteiger partial charge in [-0.25, -0.2) is 0 Å². The summed E-state index contributed by atoms with van der Waals surface area (Å²) in [6, 6.07) is 22.2. The Labute approximate surface area is 160 Å². The minimum atomic E-state index is 0.269. The SMILES string of the molecule is O=C(C1CC1)N1CCC2NNC(C(c3ccccc3)c3ccccc3)C2C1. The zero-order valence-corrected chi connectivity index (χ0v) is 15.6. The second-order valence-corrected chi connectivity index (χ2v) is 8.23. The maximum Gasteiger partial charge on any atom is 0.225 e. The molecule has 5 rings (SSSR count). The van der Waals surface area contributed by atoms with E-state index >= 15 is 0 Å². The summed E-state index contributed by atoms with van der Waals surface area (Å²) >= 11 is 0. The van der Waals surface area contributed by atoms with Gasteiger partial charge in [0.2, 0.25) is 5.91 Å². The van der Waals surface area contributed by atoms with E-state index in [4.69, 9.17) is 0 Å². The van der Waals surface area contributed by atoms with Crippen LogP contribution in [0, 0.1) is 11.8 Å². The number of hydrazine groups is 1. The van der Waals surface area contributed by atoms with Crippen molar-refractivity contribution in [1.29, 1.82) is 0 Å². The highest BCUT2D eigenvalue weighted by atomic mass is 16.2. The monoisotopic (exact) mass is 361 g/mol. The number of nitrogens with zero attached hydrogens (tertiary/aromatic N) is 1. The van der Waals surface area contributed by atoms with Crippen molar-refractivity contribution < 1.29 is 4.79 Å². The highest BCUT2D eigenvalue weighted by molar-refractivity contribution is 5.81. The van der Waals surface area contributed by atoms with Crippen molar-refractivity contribution in [1.82, 2.24) is 15.8 Å². The van der Waals surface area contributed by atoms with Crippen LogP contribution in [0.3, 0.4) is 0 Å². The lowest BCUT2D eigenvalue weighted by atomic mass is 9.76. The molecule has 140 valence electrons. The van der Waals surface area contributed by atoms with Gasteiger partial charge >= 0.3 is 0 Å². The van der Waals surface area contributed by atoms with Gasteiger partial charge in [0.25, 0.3) is 0 Å². The first-order valence-corrected chi connectivity index (χ1v) is 10.2. The Morgan fingerprint density at radius 1 is 0.889 bits per heavy atom. The van der Waals surface area contributed by atoms with Crippen LogP contribution in [-0.2, 0) is 4.79 Å². The van der Waals surface area contributed by atoms with Gasteiger partial charge in [0, 0.05) is 42.9 Å². The molecule has 3 unspecified atom stereocenters. The molecule has 2 heterocycles. The van der Waals surface area contributed by atoms with Crippen LogP contribution in [0.1, 0.15) is 36.3 Å². The van der Waals surface area contributed by atoms with E-state index in [1.807, 2.05) is 0 Å². The standard InChI is InChI=1S/C23H27N3O/c27-23(18-11-12-18)26-14-13-20-19(15-26)22(25-24-20)21(16-7-3-1-4-8-16)17-9-5-2-6-10-17/h1-10,18-22,24-25H,11-15H2. The maximum absolute atomic E-state index is 12.7. The zero-order chi connectivity index (χ0) is 18.2. The van der Waals surface area contributed by atoms with Crippen molar-refractivity contribution in [2.45, 2.75) is 37.3 Å². The summed E-state index contributed by atoms with van der Waals surface area (Å²) < 4.78 is 0. The predicted molar refractivity (Wildman–Crippen MR) is 106 cm³/mol. The lowest BCUT2D eigenvalue weighted by molar-refractivity contribution is -0.134. The van der Waals surface area contributed by atoms with E-state index in [1.54, 1.807) is 0 Å². The van der Waals surface area contributed by atoms with Gasteiger partial charge in [-0.15, -0.1) is 0 Å². The highest BCUT2D eigenvalue weighted by Gasteiger charge is 2.46. The molecule has 2 N–H and O–H groups in total. The van der Waals surface area contributed by atoms with Crippen LogP contribution >= 0.6 is 0 Å². The third kappa shape index (κ3) is 3.28. The minimum absolute atomic E-state index is 0.269. The molecule has 1 aliphatic carbocycles. The van der Waals surface area contributed by atoms with Gasteiger partial charge in [-0.05, 0) is 30.4 Å². The lowest BCUT2D eigenvalue weighted by Crippen LogP contribution is -2.49. The molecule has 3 atom stereocenters. The Morgan fingerprint density at radius 2 is 1.52 bits per heavy atom. The molecule has 27 heavy (non-hydrogen) atoms. The number of rotatable bonds is 4. The fourth-order valence-electron chi connectivity index (χ4n) is 4.88. The van der Waals surface area contributed by atoms with Crippen LogP contribution in [0.25, 0.3) is 0 Å². The van der Waals surface area contributed by atoms with Crippen molar-refractivity contribution >= 4 is 5.91 Å². The number of likely N-dealkylation sites (tertiary alicyclic amines) is 1. The summed E-state index contributed by atoms with van der Waals surface area (Å²) in [4.78, 5) is 14.8. The molecule has 4 heteroatoms. The topological polar surface area (TPSA) is 44.4 Å². The number of benzene rings is 2. The number of piperidine rings is 1. The first kappa shape index (κ1) is 17.0. The molecule has 0 bridgehead atoms. The van der Waals surface area contributed by atoms with Crippen LogP contribution in [0.2, 0.25) is 0 Å². The second kappa shape index (κ2) is 7.10. The van der Waals surface area contributed by atoms with Crippen LogP contribution in [0.5, 0.6) is 0 Å². The van der Waals surface area contributed by atoms with Crippen molar-refractivity contribution in [3.8, 4) is 0 Å². The second-order valence-electron chi connectivity index (χ2n) is 8.23. The number of amides is 1. The largest absolute Gasteiger partial charge is 0.342 e. The zero-order valence-electron chi connectivity index (χ0n) is 15.6. The van der Waals surface area contributed by atoms with Crippen LogP contribution in [-0.4, -0.2) is 36.0 Å². The van der Waals surface area contributed by atoms with Crippen LogP contribution in [0.4, 0.5) is 0 Å². The number of hydrogen-bond acceptors (Lipinski definition) is 3. The predicted octanol–water partition coefficient (Wildman–Crippen LogP) is 2.92. The normalized spacial score (nSPS) is 27.6. The van der Waals surface area contributed by atoms with Gasteiger partial charge in [0.05, 0.1) is 0 Å². The molecular formula is C23H27N3O. The number of hydrogen-bond donors (Lipinski definition) is 2. The Morgan fingerprint density at radius 3 is 2.11 bits per heavy atom. The van der Waals surface area contributed by atoms with Gasteiger partial charge < -0.3 is 4.90 Å². The van der Waals surface area contributed by atoms with Gasteiger partial charge in [-0.1, -0.05) is 60.7 Å². The van der Waals surface area contributed by atoms with E-state index in [-0.39, 0.29) is 12.0 Å². The summed E-state index contributed by atoms with van der Waals surface area (Å²) in [7, 11) is 0. The van der Waals surface area contributed by atoms with Gasteiger partial charge in [-0.3, -0.25) is 15.6 Å². The van der Waals surface area contributed by atoms with Gasteiger partial charge in [0.1, 0.15) is 0 Å². The van der Waals surface area contributed by atoms with Crippen LogP contribution < -0.4 is 10.9 Å². The van der Waals surface area contributed by atoms with E-state index in [2.05, 4.69) is 76.4 Å². The van der Waals surface area contributed by atoms with E-state index in [1.165, 1.54) is 11.1 Å². The molecule has 2 aromatic rings. The average molecular weight is 361 g/mol. The molecule has 3 fully saturated rings. The van der Waals surface area contributed by atoms with E-state index in [9.17, 15) is 4.79 Å². The maximum atomic E-state index is 12.7. The molecular weight excluding hydrogens is 334 g/mol. The van der Waals surface area contributed by atoms with Gasteiger partial charge in [-0.2, -0.15) is 0 Å². The van der Waals surface area contributed by atoms with E-state index < -0.39 is 0 Å². The quantitative estimate of drug-likeness (QED) is 0.880. The Balaban J connectivity index is 1.45. The molecule has 4 nitrogen and oxygen atoms in total. The Bertz CT molecular complexity index is 750. The summed E-state index contributed by atoms with van der Waals surface area (Å²) in [6.07, 6.45) is 3.20. The molecule has 0 aromatic heterocycles. The average Bonchev–Trinajstić information content (AvgIpc) is 3.50. The minimum Gasteiger partial charge on any atom is -0.342 e. The summed E-state index contributed by atoms with van der Waals surface area (Å²) in [5.41, 5.74) is 9.81. The van der Waals surface area contributed by atoms with Crippen molar-refractivity contribution in [3.05, 3.63) is 71.8 Å². The van der Waals surface area contributed by atoms with E-state index in [0.29, 0.717) is 23.8 Å². The summed E-state index contributed by atoms with van der Waals surface area (Å²) in [5, 5.41) is 0. The molecule has 1 saturated carbocycles. The number of nitrogens with one attached hydrogen (secondary N) is 2. The summed E-state index contributed by atoms with van der Waals surface area (Å²) in [5.74, 6) is 1.38. The van der Waals surface area contributed by atoms with Crippen molar-refractivity contribution in [3.63, 3.8) is 0 Å². The molecule has 1 amide bonds. The van der Waals surface area contributed by atoms with E-state index in [0.717, 1.165) is 32.4 Å². The molecule has 0 radical (unpaired) electrons. The van der Waals surface area contributed by atoms with Crippen molar-refractivity contribution in [2.24, 2.45) is 11.8 Å². The number of carbonyl (C=O) groups excluding carboxylic acids is 1. The third-order valence-electron chi connectivity index (χ3n) is 6.47. The Kier molecular flexibility index (Phi) is 4.46. The Hall–Kier alpha value is -2.17. The van der Waals surface area contributed by atoms with Gasteiger partial charge in [0.15, 0.2) is 0 Å². The molecule has 3 aliphatic rings. The molecule has 2 saturated heterocycles. The fraction of sp³-hybridized carbons (Fsp3) is 0.435. The first-order chi connectivity index (χ1) is 13.3. The first-order valence-electron chi connectivity index (χ1n) is 10.2. The molecule has 2 aromatic carbocycles. The smallest absolute Gasteiger partial charge is 0.225 e. The fourth-order valence-corrected chi connectivity index (χ4v) is 4.88. The summed E-state index contributed by atoms with van der Waals surface area (Å²) in [6.45, 7) is 1.75. The van der Waals surface area contributed by atoms with Crippen molar-refractivity contribution in [2.75, 3.05) is 13.1 Å². The van der Waals surface area contributed by atoms with Crippen LogP contribution in [0.15, 0.2) is 60.7 Å². The third-order valence-corrected chi connectivity index (χ3v) is 6.47. The molecule has 2 aliphatic heterocycles. The molecule has 0 spiro atoms. The lowest BCUT2D eigenvalue weighted by Gasteiger charge is -2.38. The number of fused-ring (bicyclic) bond motifs is 1.